The molecule has 0 spiro atoms. The summed E-state index contributed by atoms with van der Waals surface area (Å²) in [6.45, 7) is 12.7. The molecule has 15 heavy (non-hydrogen) atoms. The summed E-state index contributed by atoms with van der Waals surface area (Å²) in [4.78, 5) is 2.41. The minimum absolute atomic E-state index is 0.0889. The summed E-state index contributed by atoms with van der Waals surface area (Å²) in [5.41, 5.74) is -0.0889. The topological polar surface area (TPSA) is 21.7 Å². The molecule has 0 aliphatic carbocycles. The molecule has 1 saturated heterocycles. The summed E-state index contributed by atoms with van der Waals surface area (Å²) in [5.74, 6) is 0. The van der Waals surface area contributed by atoms with E-state index in [1.54, 1.807) is 7.11 Å². The zero-order valence-electron chi connectivity index (χ0n) is 10.9. The van der Waals surface area contributed by atoms with Crippen molar-refractivity contribution in [2.75, 3.05) is 20.2 Å². The second-order valence-corrected chi connectivity index (χ2v) is 5.59. The molecule has 0 amide bonds. The third kappa shape index (κ3) is 3.74. The largest absolute Gasteiger partial charge is 0.377 e. The number of hydrogen-bond acceptors (Lipinski definition) is 3. The lowest BCUT2D eigenvalue weighted by Crippen LogP contribution is -2.36. The molecule has 0 aromatic heterocycles. The Hall–Kier alpha value is -0.120. The first-order valence-electron chi connectivity index (χ1n) is 5.78. The number of nitrogens with zero attached hydrogens (tertiary/aromatic N) is 1. The average Bonchev–Trinajstić information content (AvgIpc) is 2.44. The van der Waals surface area contributed by atoms with Crippen LogP contribution in [0, 0.1) is 0 Å². The summed E-state index contributed by atoms with van der Waals surface area (Å²) < 4.78 is 11.5. The Morgan fingerprint density at radius 1 is 1.13 bits per heavy atom. The van der Waals surface area contributed by atoms with Crippen LogP contribution in [0.25, 0.3) is 0 Å². The molecule has 2 atom stereocenters. The Morgan fingerprint density at radius 2 is 1.67 bits per heavy atom. The van der Waals surface area contributed by atoms with Crippen molar-refractivity contribution in [3.05, 3.63) is 0 Å². The minimum Gasteiger partial charge on any atom is -0.377 e. The molecule has 1 heterocycles. The average molecular weight is 215 g/mol. The molecule has 0 saturated carbocycles. The van der Waals surface area contributed by atoms with Gasteiger partial charge in [-0.05, 0) is 34.6 Å². The summed E-state index contributed by atoms with van der Waals surface area (Å²) in [5, 5.41) is 0. The highest BCUT2D eigenvalue weighted by Crippen LogP contribution is 2.23. The fraction of sp³-hybridized carbons (Fsp3) is 1.00. The Kier molecular flexibility index (Phi) is 4.15. The monoisotopic (exact) mass is 215 g/mol. The summed E-state index contributed by atoms with van der Waals surface area (Å²) in [6.07, 6.45) is 0.420. The quantitative estimate of drug-likeness (QED) is 0.718. The van der Waals surface area contributed by atoms with Gasteiger partial charge in [-0.3, -0.25) is 4.90 Å². The molecule has 3 nitrogen and oxygen atoms in total. The van der Waals surface area contributed by atoms with Crippen LogP contribution in [0.5, 0.6) is 0 Å². The zero-order chi connectivity index (χ0) is 11.6. The molecular formula is C12H25NO2. The first-order valence-corrected chi connectivity index (χ1v) is 5.78. The molecule has 1 aliphatic rings. The number of ether oxygens (including phenoxy) is 2. The lowest BCUT2D eigenvalue weighted by Gasteiger charge is -2.27. The van der Waals surface area contributed by atoms with Gasteiger partial charge in [0, 0.05) is 26.2 Å². The highest BCUT2D eigenvalue weighted by molar-refractivity contribution is 4.88. The van der Waals surface area contributed by atoms with Crippen molar-refractivity contribution < 1.29 is 9.47 Å². The lowest BCUT2D eigenvalue weighted by molar-refractivity contribution is -0.0997. The van der Waals surface area contributed by atoms with E-state index in [1.807, 2.05) is 0 Å². The van der Waals surface area contributed by atoms with E-state index in [9.17, 15) is 0 Å². The van der Waals surface area contributed by atoms with Crippen molar-refractivity contribution in [2.24, 2.45) is 0 Å². The van der Waals surface area contributed by atoms with E-state index in [0.717, 1.165) is 13.1 Å². The van der Waals surface area contributed by atoms with Gasteiger partial charge in [0.15, 0.2) is 0 Å². The molecule has 0 unspecified atom stereocenters. The van der Waals surface area contributed by atoms with E-state index in [-0.39, 0.29) is 17.8 Å². The number of hydrogen-bond donors (Lipinski definition) is 0. The minimum atomic E-state index is -0.0889. The third-order valence-electron chi connectivity index (χ3n) is 2.78. The van der Waals surface area contributed by atoms with Crippen LogP contribution in [0.2, 0.25) is 0 Å². The second kappa shape index (κ2) is 4.81. The van der Waals surface area contributed by atoms with Gasteiger partial charge in [0.1, 0.15) is 0 Å². The van der Waals surface area contributed by atoms with Crippen LogP contribution in [-0.2, 0) is 9.47 Å². The summed E-state index contributed by atoms with van der Waals surface area (Å²) in [6, 6.07) is 0.566. The standard InChI is InChI=1S/C12H25NO2/c1-9(2)13-7-10(14-6)11(8-13)15-12(3,4)5/h9-11H,7-8H2,1-6H3/t10-,11-/m1/s1. The molecule has 90 valence electrons. The van der Waals surface area contributed by atoms with Crippen molar-refractivity contribution in [2.45, 2.75) is 58.5 Å². The van der Waals surface area contributed by atoms with Crippen molar-refractivity contribution in [3.63, 3.8) is 0 Å². The molecule has 1 rings (SSSR count). The van der Waals surface area contributed by atoms with Crippen LogP contribution in [0.15, 0.2) is 0 Å². The van der Waals surface area contributed by atoms with Crippen molar-refractivity contribution >= 4 is 0 Å². The molecular weight excluding hydrogens is 190 g/mol. The fourth-order valence-corrected chi connectivity index (χ4v) is 1.99. The van der Waals surface area contributed by atoms with Crippen molar-refractivity contribution in [3.8, 4) is 0 Å². The van der Waals surface area contributed by atoms with Gasteiger partial charge < -0.3 is 9.47 Å². The predicted octanol–water partition coefficient (Wildman–Crippen LogP) is 1.91. The van der Waals surface area contributed by atoms with Crippen molar-refractivity contribution in [1.82, 2.24) is 4.90 Å². The van der Waals surface area contributed by atoms with E-state index in [0.29, 0.717) is 6.04 Å². The molecule has 3 heteroatoms. The first kappa shape index (κ1) is 12.9. The molecule has 1 aliphatic heterocycles. The van der Waals surface area contributed by atoms with Crippen LogP contribution >= 0.6 is 0 Å². The van der Waals surface area contributed by atoms with Crippen LogP contribution < -0.4 is 0 Å². The van der Waals surface area contributed by atoms with E-state index >= 15 is 0 Å². The van der Waals surface area contributed by atoms with E-state index < -0.39 is 0 Å². The number of likely N-dealkylation sites (tertiary alicyclic amines) is 1. The van der Waals surface area contributed by atoms with E-state index in [1.165, 1.54) is 0 Å². The van der Waals surface area contributed by atoms with Gasteiger partial charge in [0.2, 0.25) is 0 Å². The lowest BCUT2D eigenvalue weighted by atomic mass is 10.1. The molecule has 0 bridgehead atoms. The molecule has 0 radical (unpaired) electrons. The van der Waals surface area contributed by atoms with Gasteiger partial charge in [-0.15, -0.1) is 0 Å². The first-order chi connectivity index (χ1) is 6.83. The van der Waals surface area contributed by atoms with Crippen LogP contribution in [0.1, 0.15) is 34.6 Å². The van der Waals surface area contributed by atoms with Gasteiger partial charge in [0.05, 0.1) is 17.8 Å². The van der Waals surface area contributed by atoms with Gasteiger partial charge >= 0.3 is 0 Å². The smallest absolute Gasteiger partial charge is 0.0982 e. The molecule has 0 aromatic carbocycles. The highest BCUT2D eigenvalue weighted by atomic mass is 16.6. The van der Waals surface area contributed by atoms with Crippen LogP contribution in [0.4, 0.5) is 0 Å². The van der Waals surface area contributed by atoms with Gasteiger partial charge in [-0.2, -0.15) is 0 Å². The molecule has 0 N–H and O–H groups in total. The molecule has 1 fully saturated rings. The molecule has 0 aromatic rings. The predicted molar refractivity (Wildman–Crippen MR) is 62.1 cm³/mol. The Morgan fingerprint density at radius 3 is 2.07 bits per heavy atom. The van der Waals surface area contributed by atoms with E-state index in [2.05, 4.69) is 39.5 Å². The van der Waals surface area contributed by atoms with Crippen molar-refractivity contribution in [1.29, 1.82) is 0 Å². The Bertz CT molecular complexity index is 198. The van der Waals surface area contributed by atoms with Crippen LogP contribution in [-0.4, -0.2) is 49.0 Å². The van der Waals surface area contributed by atoms with Gasteiger partial charge in [-0.1, -0.05) is 0 Å². The summed E-state index contributed by atoms with van der Waals surface area (Å²) >= 11 is 0. The third-order valence-corrected chi connectivity index (χ3v) is 2.78. The fourth-order valence-electron chi connectivity index (χ4n) is 1.99. The Labute approximate surface area is 93.7 Å². The van der Waals surface area contributed by atoms with Gasteiger partial charge in [0.25, 0.3) is 0 Å². The van der Waals surface area contributed by atoms with Crippen LogP contribution in [0.3, 0.4) is 0 Å². The maximum Gasteiger partial charge on any atom is 0.0982 e. The zero-order valence-corrected chi connectivity index (χ0v) is 10.9. The summed E-state index contributed by atoms with van der Waals surface area (Å²) in [7, 11) is 1.77. The Balaban J connectivity index is 2.56. The number of rotatable bonds is 3. The highest BCUT2D eigenvalue weighted by Gasteiger charge is 2.36. The van der Waals surface area contributed by atoms with Gasteiger partial charge in [-0.25, -0.2) is 0 Å². The van der Waals surface area contributed by atoms with E-state index in [4.69, 9.17) is 9.47 Å². The number of methoxy groups -OCH3 is 1. The maximum atomic E-state index is 6.02. The maximum absolute atomic E-state index is 6.02. The second-order valence-electron chi connectivity index (χ2n) is 5.59. The normalized spacial score (nSPS) is 29.0. The SMILES string of the molecule is CO[C@@H]1CN(C(C)C)C[C@H]1OC(C)(C)C.